The number of aromatic nitrogens is 2. The highest BCUT2D eigenvalue weighted by molar-refractivity contribution is 6.01. The van der Waals surface area contributed by atoms with Gasteiger partial charge in [0.25, 0.3) is 0 Å². The van der Waals surface area contributed by atoms with E-state index in [0.717, 1.165) is 57.4 Å². The summed E-state index contributed by atoms with van der Waals surface area (Å²) in [7, 11) is 0. The highest BCUT2D eigenvalue weighted by atomic mass is 35.5. The Morgan fingerprint density at radius 3 is 2.64 bits per heavy atom. The molecule has 0 aliphatic carbocycles. The van der Waals surface area contributed by atoms with Crippen LogP contribution in [0, 0.1) is 5.41 Å². The fraction of sp³-hybridized carbons (Fsp3) is 0.308. The van der Waals surface area contributed by atoms with Gasteiger partial charge in [0, 0.05) is 23.1 Å². The lowest BCUT2D eigenvalue weighted by Gasteiger charge is -2.15. The van der Waals surface area contributed by atoms with Crippen LogP contribution in [0.3, 0.4) is 0 Å². The van der Waals surface area contributed by atoms with Crippen LogP contribution in [0.15, 0.2) is 54.6 Å². The molecule has 1 aromatic heterocycles. The van der Waals surface area contributed by atoms with Crippen molar-refractivity contribution in [2.75, 3.05) is 32.8 Å². The lowest BCUT2D eigenvalue weighted by Crippen LogP contribution is -2.25. The van der Waals surface area contributed by atoms with E-state index in [0.29, 0.717) is 6.61 Å². The molecule has 33 heavy (non-hydrogen) atoms. The summed E-state index contributed by atoms with van der Waals surface area (Å²) in [5.41, 5.74) is 3.60. The number of aromatic amines is 1. The van der Waals surface area contributed by atoms with E-state index in [1.54, 1.807) is 0 Å². The first-order valence-corrected chi connectivity index (χ1v) is 11.3. The van der Waals surface area contributed by atoms with Crippen molar-refractivity contribution in [3.63, 3.8) is 0 Å². The van der Waals surface area contributed by atoms with E-state index >= 15 is 0 Å². The SMILES string of the molecule is CCOC(=N)c1ccc2[nH]nc(-c3ccc4cc(OCCN5CCCC5)ccc4c3)c2c1.Cl. The predicted octanol–water partition coefficient (Wildman–Crippen LogP) is 5.64. The van der Waals surface area contributed by atoms with Gasteiger partial charge in [-0.3, -0.25) is 15.4 Å². The molecule has 6 nitrogen and oxygen atoms in total. The van der Waals surface area contributed by atoms with Crippen LogP contribution in [0.4, 0.5) is 0 Å². The second kappa shape index (κ2) is 10.2. The minimum atomic E-state index is 0. The smallest absolute Gasteiger partial charge is 0.213 e. The second-order valence-corrected chi connectivity index (χ2v) is 8.22. The molecule has 0 radical (unpaired) electrons. The third-order valence-electron chi connectivity index (χ3n) is 6.07. The molecule has 2 N–H and O–H groups in total. The molecule has 1 fully saturated rings. The first-order chi connectivity index (χ1) is 15.7. The Morgan fingerprint density at radius 1 is 1.03 bits per heavy atom. The quantitative estimate of drug-likeness (QED) is 0.274. The maximum absolute atomic E-state index is 8.09. The summed E-state index contributed by atoms with van der Waals surface area (Å²) in [4.78, 5) is 2.46. The number of rotatable bonds is 7. The molecule has 0 saturated carbocycles. The van der Waals surface area contributed by atoms with E-state index < -0.39 is 0 Å². The van der Waals surface area contributed by atoms with Crippen LogP contribution in [0.5, 0.6) is 5.75 Å². The van der Waals surface area contributed by atoms with Gasteiger partial charge in [-0.1, -0.05) is 18.2 Å². The highest BCUT2D eigenvalue weighted by Gasteiger charge is 2.13. The average Bonchev–Trinajstić information content (AvgIpc) is 3.48. The molecule has 1 aliphatic heterocycles. The maximum Gasteiger partial charge on any atom is 0.213 e. The van der Waals surface area contributed by atoms with Crippen LogP contribution in [0.1, 0.15) is 25.3 Å². The molecular weight excluding hydrogens is 436 g/mol. The number of nitrogens with one attached hydrogen (secondary N) is 2. The van der Waals surface area contributed by atoms with Crippen LogP contribution in [0.25, 0.3) is 32.9 Å². The minimum absolute atomic E-state index is 0. The number of hydrogen-bond donors (Lipinski definition) is 2. The van der Waals surface area contributed by atoms with Gasteiger partial charge in [-0.2, -0.15) is 5.10 Å². The summed E-state index contributed by atoms with van der Waals surface area (Å²) in [6.45, 7) is 6.47. The Kier molecular flexibility index (Phi) is 7.16. The Bertz CT molecular complexity index is 1260. The van der Waals surface area contributed by atoms with E-state index in [1.165, 1.54) is 25.9 Å². The summed E-state index contributed by atoms with van der Waals surface area (Å²) in [5.74, 6) is 1.09. The fourth-order valence-corrected chi connectivity index (χ4v) is 4.36. The molecule has 1 saturated heterocycles. The Labute approximate surface area is 199 Å². The summed E-state index contributed by atoms with van der Waals surface area (Å²) in [5, 5.41) is 19.0. The standard InChI is InChI=1S/C26H28N4O2.ClH/c1-2-31-26(27)21-8-10-24-23(17-21)25(29-28-24)20-6-5-19-16-22(9-7-18(19)15-20)32-14-13-30-11-3-4-12-30;/h5-10,15-17,27H,2-4,11-14H2,1H3,(H,28,29);1H. The average molecular weight is 465 g/mol. The van der Waals surface area contributed by atoms with Crippen LogP contribution in [-0.2, 0) is 4.74 Å². The summed E-state index contributed by atoms with van der Waals surface area (Å²) in [6.07, 6.45) is 2.61. The molecule has 0 spiro atoms. The Hall–Kier alpha value is -3.09. The van der Waals surface area contributed by atoms with Crippen LogP contribution in [-0.4, -0.2) is 53.8 Å². The molecule has 0 unspecified atom stereocenters. The zero-order valence-electron chi connectivity index (χ0n) is 18.8. The van der Waals surface area contributed by atoms with Crippen molar-refractivity contribution in [2.24, 2.45) is 0 Å². The van der Waals surface area contributed by atoms with Crippen molar-refractivity contribution < 1.29 is 9.47 Å². The molecule has 4 aromatic rings. The third-order valence-corrected chi connectivity index (χ3v) is 6.07. The van der Waals surface area contributed by atoms with E-state index in [4.69, 9.17) is 14.9 Å². The van der Waals surface area contributed by atoms with Gasteiger partial charge < -0.3 is 9.47 Å². The Morgan fingerprint density at radius 2 is 1.82 bits per heavy atom. The van der Waals surface area contributed by atoms with Gasteiger partial charge in [0.1, 0.15) is 12.4 Å². The first kappa shape index (κ1) is 23.1. The molecule has 0 bridgehead atoms. The van der Waals surface area contributed by atoms with Crippen LogP contribution < -0.4 is 4.74 Å². The Balaban J connectivity index is 0.00000259. The van der Waals surface area contributed by atoms with E-state index in [9.17, 15) is 0 Å². The molecule has 5 rings (SSSR count). The topological polar surface area (TPSA) is 74.2 Å². The number of hydrogen-bond acceptors (Lipinski definition) is 5. The lowest BCUT2D eigenvalue weighted by molar-refractivity contribution is 0.238. The van der Waals surface area contributed by atoms with Gasteiger partial charge in [0.15, 0.2) is 0 Å². The molecule has 7 heteroatoms. The number of benzene rings is 3. The lowest BCUT2D eigenvalue weighted by atomic mass is 10.0. The van der Waals surface area contributed by atoms with Gasteiger partial charge in [-0.05, 0) is 80.0 Å². The molecule has 172 valence electrons. The summed E-state index contributed by atoms with van der Waals surface area (Å²) >= 11 is 0. The van der Waals surface area contributed by atoms with E-state index in [2.05, 4.69) is 45.4 Å². The third kappa shape index (κ3) is 4.97. The summed E-state index contributed by atoms with van der Waals surface area (Å²) in [6, 6.07) is 18.4. The molecule has 2 heterocycles. The zero-order valence-corrected chi connectivity index (χ0v) is 19.6. The summed E-state index contributed by atoms with van der Waals surface area (Å²) < 4.78 is 11.4. The minimum Gasteiger partial charge on any atom is -0.492 e. The zero-order chi connectivity index (χ0) is 21.9. The van der Waals surface area contributed by atoms with E-state index in [1.807, 2.05) is 31.2 Å². The highest BCUT2D eigenvalue weighted by Crippen LogP contribution is 2.31. The van der Waals surface area contributed by atoms with Crippen molar-refractivity contribution in [2.45, 2.75) is 19.8 Å². The fourth-order valence-electron chi connectivity index (χ4n) is 4.36. The van der Waals surface area contributed by atoms with Gasteiger partial charge in [-0.15, -0.1) is 12.4 Å². The molecule has 3 aromatic carbocycles. The van der Waals surface area contributed by atoms with Gasteiger partial charge in [-0.25, -0.2) is 0 Å². The van der Waals surface area contributed by atoms with Gasteiger partial charge in [0.05, 0.1) is 17.8 Å². The normalized spacial score (nSPS) is 13.8. The monoisotopic (exact) mass is 464 g/mol. The molecule has 0 amide bonds. The maximum atomic E-state index is 8.09. The number of likely N-dealkylation sites (tertiary alicyclic amines) is 1. The number of nitrogens with zero attached hydrogens (tertiary/aromatic N) is 2. The molecule has 0 atom stereocenters. The van der Waals surface area contributed by atoms with Gasteiger partial charge >= 0.3 is 0 Å². The second-order valence-electron chi connectivity index (χ2n) is 8.22. The van der Waals surface area contributed by atoms with E-state index in [-0.39, 0.29) is 18.3 Å². The van der Waals surface area contributed by atoms with Crippen molar-refractivity contribution in [1.29, 1.82) is 5.41 Å². The molecular formula is C26H29ClN4O2. The van der Waals surface area contributed by atoms with Crippen molar-refractivity contribution in [3.05, 3.63) is 60.2 Å². The van der Waals surface area contributed by atoms with Crippen LogP contribution >= 0.6 is 12.4 Å². The number of halogens is 1. The largest absolute Gasteiger partial charge is 0.492 e. The number of fused-ring (bicyclic) bond motifs is 2. The number of H-pyrrole nitrogens is 1. The van der Waals surface area contributed by atoms with Crippen molar-refractivity contribution in [3.8, 4) is 17.0 Å². The predicted molar refractivity (Wildman–Crippen MR) is 136 cm³/mol. The van der Waals surface area contributed by atoms with Crippen molar-refractivity contribution >= 4 is 40.0 Å². The van der Waals surface area contributed by atoms with Gasteiger partial charge in [0.2, 0.25) is 5.90 Å². The molecule has 1 aliphatic rings. The first-order valence-electron chi connectivity index (χ1n) is 11.3. The van der Waals surface area contributed by atoms with Crippen LogP contribution in [0.2, 0.25) is 0 Å². The number of ether oxygens (including phenoxy) is 2. The van der Waals surface area contributed by atoms with Crippen molar-refractivity contribution in [1.82, 2.24) is 15.1 Å².